The first-order valence-electron chi connectivity index (χ1n) is 6.20. The molecule has 0 aliphatic heterocycles. The summed E-state index contributed by atoms with van der Waals surface area (Å²) >= 11 is 0. The summed E-state index contributed by atoms with van der Waals surface area (Å²) in [5.41, 5.74) is 2.07. The highest BCUT2D eigenvalue weighted by molar-refractivity contribution is 5.76. The molecule has 0 radical (unpaired) electrons. The number of carbonyl (C=O) groups is 1. The van der Waals surface area contributed by atoms with Gasteiger partial charge in [-0.05, 0) is 36.6 Å². The van der Waals surface area contributed by atoms with Gasteiger partial charge in [-0.3, -0.25) is 4.79 Å². The van der Waals surface area contributed by atoms with Crippen LogP contribution >= 0.6 is 0 Å². The van der Waals surface area contributed by atoms with E-state index in [0.29, 0.717) is 11.1 Å². The molecule has 0 spiro atoms. The van der Waals surface area contributed by atoms with Gasteiger partial charge in [0, 0.05) is 0 Å². The lowest BCUT2D eigenvalue weighted by Gasteiger charge is -2.13. The molecule has 0 aliphatic rings. The van der Waals surface area contributed by atoms with Crippen molar-refractivity contribution in [1.82, 2.24) is 0 Å². The number of benzene rings is 2. The van der Waals surface area contributed by atoms with E-state index >= 15 is 0 Å². The molecule has 1 atom stereocenters. The van der Waals surface area contributed by atoms with Crippen LogP contribution in [0.15, 0.2) is 42.5 Å². The van der Waals surface area contributed by atoms with Gasteiger partial charge in [0.25, 0.3) is 0 Å². The quantitative estimate of drug-likeness (QED) is 0.924. The van der Waals surface area contributed by atoms with Gasteiger partial charge in [-0.15, -0.1) is 0 Å². The topological polar surface area (TPSA) is 37.3 Å². The number of carboxylic acids is 1. The lowest BCUT2D eigenvalue weighted by molar-refractivity contribution is -0.138. The van der Waals surface area contributed by atoms with E-state index in [2.05, 4.69) is 0 Å². The Hall–Kier alpha value is -2.23. The fourth-order valence-electron chi connectivity index (χ4n) is 2.14. The zero-order chi connectivity index (χ0) is 14.7. The molecular formula is C16H14F2O2. The van der Waals surface area contributed by atoms with Gasteiger partial charge in [0.05, 0.1) is 5.92 Å². The van der Waals surface area contributed by atoms with Crippen LogP contribution in [-0.4, -0.2) is 11.1 Å². The second-order valence-corrected chi connectivity index (χ2v) is 4.76. The van der Waals surface area contributed by atoms with Crippen molar-refractivity contribution in [3.8, 4) is 0 Å². The van der Waals surface area contributed by atoms with E-state index in [9.17, 15) is 18.7 Å². The lowest BCUT2D eigenvalue weighted by atomic mass is 9.91. The van der Waals surface area contributed by atoms with Crippen molar-refractivity contribution in [3.63, 3.8) is 0 Å². The summed E-state index contributed by atoms with van der Waals surface area (Å²) in [5.74, 6) is -3.66. The molecule has 104 valence electrons. The van der Waals surface area contributed by atoms with E-state index in [1.165, 1.54) is 6.07 Å². The molecule has 0 aliphatic carbocycles. The molecule has 2 aromatic carbocycles. The Labute approximate surface area is 115 Å². The van der Waals surface area contributed by atoms with Crippen molar-refractivity contribution in [3.05, 3.63) is 70.8 Å². The first-order chi connectivity index (χ1) is 9.47. The highest BCUT2D eigenvalue weighted by Crippen LogP contribution is 2.23. The van der Waals surface area contributed by atoms with E-state index in [4.69, 9.17) is 0 Å². The maximum atomic E-state index is 13.2. The van der Waals surface area contributed by atoms with Crippen molar-refractivity contribution >= 4 is 5.97 Å². The molecule has 2 aromatic rings. The Morgan fingerprint density at radius 3 is 2.50 bits per heavy atom. The predicted molar refractivity (Wildman–Crippen MR) is 71.6 cm³/mol. The molecular weight excluding hydrogens is 262 g/mol. The first kappa shape index (κ1) is 14.2. The Morgan fingerprint density at radius 2 is 1.90 bits per heavy atom. The number of hydrogen-bond donors (Lipinski definition) is 1. The van der Waals surface area contributed by atoms with Crippen LogP contribution in [0.25, 0.3) is 0 Å². The average molecular weight is 276 g/mol. The third-order valence-electron chi connectivity index (χ3n) is 3.17. The monoisotopic (exact) mass is 276 g/mol. The molecule has 2 nitrogen and oxygen atoms in total. The van der Waals surface area contributed by atoms with Crippen molar-refractivity contribution in [2.24, 2.45) is 0 Å². The molecule has 0 amide bonds. The standard InChI is InChI=1S/C16H14F2O2/c1-10-3-2-4-12(7-10)13(16(19)20)8-11-5-6-14(17)15(18)9-11/h2-7,9,13H,8H2,1H3,(H,19,20). The fourth-order valence-corrected chi connectivity index (χ4v) is 2.14. The molecule has 0 bridgehead atoms. The minimum atomic E-state index is -0.986. The summed E-state index contributed by atoms with van der Waals surface area (Å²) in [6, 6.07) is 10.6. The summed E-state index contributed by atoms with van der Waals surface area (Å²) < 4.78 is 26.1. The van der Waals surface area contributed by atoms with Crippen LogP contribution < -0.4 is 0 Å². The molecule has 2 rings (SSSR count). The average Bonchev–Trinajstić information content (AvgIpc) is 2.39. The molecule has 0 saturated carbocycles. The number of aliphatic carboxylic acids is 1. The second-order valence-electron chi connectivity index (χ2n) is 4.76. The van der Waals surface area contributed by atoms with Crippen molar-refractivity contribution in [2.45, 2.75) is 19.3 Å². The maximum Gasteiger partial charge on any atom is 0.311 e. The zero-order valence-corrected chi connectivity index (χ0v) is 10.9. The van der Waals surface area contributed by atoms with Gasteiger partial charge in [-0.2, -0.15) is 0 Å². The van der Waals surface area contributed by atoms with E-state index in [0.717, 1.165) is 17.7 Å². The van der Waals surface area contributed by atoms with Gasteiger partial charge in [0.1, 0.15) is 0 Å². The Kier molecular flexibility index (Phi) is 4.13. The van der Waals surface area contributed by atoms with E-state index in [1.807, 2.05) is 13.0 Å². The van der Waals surface area contributed by atoms with E-state index in [1.54, 1.807) is 18.2 Å². The number of hydrogen-bond acceptors (Lipinski definition) is 1. The van der Waals surface area contributed by atoms with Gasteiger partial charge >= 0.3 is 5.97 Å². The Bertz CT molecular complexity index is 638. The molecule has 0 fully saturated rings. The van der Waals surface area contributed by atoms with Gasteiger partial charge in [0.2, 0.25) is 0 Å². The molecule has 20 heavy (non-hydrogen) atoms. The second kappa shape index (κ2) is 5.82. The number of halogens is 2. The minimum absolute atomic E-state index is 0.121. The fraction of sp³-hybridized carbons (Fsp3) is 0.188. The van der Waals surface area contributed by atoms with Gasteiger partial charge in [0.15, 0.2) is 11.6 Å². The number of rotatable bonds is 4. The van der Waals surface area contributed by atoms with Gasteiger partial charge in [-0.25, -0.2) is 8.78 Å². The number of carboxylic acid groups (broad SMARTS) is 1. The van der Waals surface area contributed by atoms with Crippen LogP contribution in [0.4, 0.5) is 8.78 Å². The summed E-state index contributed by atoms with van der Waals surface area (Å²) in [6.07, 6.45) is 0.121. The molecule has 0 heterocycles. The molecule has 0 saturated heterocycles. The summed E-state index contributed by atoms with van der Waals surface area (Å²) in [7, 11) is 0. The van der Waals surface area contributed by atoms with Crippen molar-refractivity contribution in [1.29, 1.82) is 0 Å². The Morgan fingerprint density at radius 1 is 1.15 bits per heavy atom. The summed E-state index contributed by atoms with van der Waals surface area (Å²) in [4.78, 5) is 11.4. The van der Waals surface area contributed by atoms with Crippen LogP contribution in [-0.2, 0) is 11.2 Å². The zero-order valence-electron chi connectivity index (χ0n) is 10.9. The first-order valence-corrected chi connectivity index (χ1v) is 6.20. The molecule has 1 N–H and O–H groups in total. The van der Waals surface area contributed by atoms with Crippen molar-refractivity contribution < 1.29 is 18.7 Å². The highest BCUT2D eigenvalue weighted by Gasteiger charge is 2.21. The summed E-state index contributed by atoms with van der Waals surface area (Å²) in [6.45, 7) is 1.87. The van der Waals surface area contributed by atoms with Crippen LogP contribution in [0.3, 0.4) is 0 Å². The van der Waals surface area contributed by atoms with E-state index in [-0.39, 0.29) is 6.42 Å². The lowest BCUT2D eigenvalue weighted by Crippen LogP contribution is -2.14. The predicted octanol–water partition coefficient (Wildman–Crippen LogP) is 3.68. The van der Waals surface area contributed by atoms with Crippen LogP contribution in [0.5, 0.6) is 0 Å². The summed E-state index contributed by atoms with van der Waals surface area (Å²) in [5, 5.41) is 9.33. The number of aryl methyl sites for hydroxylation is 1. The minimum Gasteiger partial charge on any atom is -0.481 e. The van der Waals surface area contributed by atoms with Gasteiger partial charge < -0.3 is 5.11 Å². The third-order valence-corrected chi connectivity index (χ3v) is 3.17. The Balaban J connectivity index is 2.30. The largest absolute Gasteiger partial charge is 0.481 e. The van der Waals surface area contributed by atoms with Crippen molar-refractivity contribution in [2.75, 3.05) is 0 Å². The van der Waals surface area contributed by atoms with Gasteiger partial charge in [-0.1, -0.05) is 35.9 Å². The molecule has 1 unspecified atom stereocenters. The van der Waals surface area contributed by atoms with E-state index < -0.39 is 23.5 Å². The molecule has 0 aromatic heterocycles. The maximum absolute atomic E-state index is 13.2. The van der Waals surface area contributed by atoms with Crippen LogP contribution in [0, 0.1) is 18.6 Å². The highest BCUT2D eigenvalue weighted by atomic mass is 19.2. The smallest absolute Gasteiger partial charge is 0.311 e. The normalized spacial score (nSPS) is 12.2. The van der Waals surface area contributed by atoms with Crippen LogP contribution in [0.1, 0.15) is 22.6 Å². The third kappa shape index (κ3) is 3.20. The SMILES string of the molecule is Cc1cccc(C(Cc2ccc(F)c(F)c2)C(=O)O)c1. The van der Waals surface area contributed by atoms with Crippen LogP contribution in [0.2, 0.25) is 0 Å². The molecule has 4 heteroatoms.